The van der Waals surface area contributed by atoms with Gasteiger partial charge >= 0.3 is 0 Å². The number of nitrogens with zero attached hydrogens (tertiary/aromatic N) is 1. The fourth-order valence-corrected chi connectivity index (χ4v) is 6.70. The maximum atomic E-state index is 14.0. The summed E-state index contributed by atoms with van der Waals surface area (Å²) in [5.41, 5.74) is 5.28. The molecule has 34 heavy (non-hydrogen) atoms. The van der Waals surface area contributed by atoms with Gasteiger partial charge in [-0.25, -0.2) is 8.42 Å². The maximum absolute atomic E-state index is 14.0. The molecule has 1 fully saturated rings. The minimum absolute atomic E-state index is 0.0620. The Morgan fingerprint density at radius 1 is 0.941 bits per heavy atom. The molecule has 1 aliphatic heterocycles. The highest BCUT2D eigenvalue weighted by atomic mass is 32.2. The van der Waals surface area contributed by atoms with Crippen LogP contribution in [-0.2, 0) is 26.0 Å². The van der Waals surface area contributed by atoms with Crippen molar-refractivity contribution in [1.82, 2.24) is 9.29 Å². The molecule has 0 unspecified atom stereocenters. The van der Waals surface area contributed by atoms with Crippen LogP contribution in [0.25, 0.3) is 10.9 Å². The van der Waals surface area contributed by atoms with Gasteiger partial charge in [0.2, 0.25) is 10.0 Å². The summed E-state index contributed by atoms with van der Waals surface area (Å²) in [6.45, 7) is 10.8. The molecule has 2 aromatic carbocycles. The monoisotopic (exact) mass is 484 g/mol. The van der Waals surface area contributed by atoms with Gasteiger partial charge < -0.3 is 14.5 Å². The smallest absolute Gasteiger partial charge is 0.252 e. The Morgan fingerprint density at radius 2 is 1.59 bits per heavy atom. The highest BCUT2D eigenvalue weighted by Gasteiger charge is 2.32. The van der Waals surface area contributed by atoms with E-state index in [4.69, 9.17) is 9.47 Å². The molecule has 8 heteroatoms. The van der Waals surface area contributed by atoms with Gasteiger partial charge in [0, 0.05) is 29.6 Å². The van der Waals surface area contributed by atoms with Crippen LogP contribution >= 0.6 is 0 Å². The molecule has 2 heterocycles. The second kappa shape index (κ2) is 9.62. The molecule has 1 N–H and O–H groups in total. The fraction of sp³-hybridized carbons (Fsp3) is 0.423. The Hall–Kier alpha value is -2.52. The van der Waals surface area contributed by atoms with Gasteiger partial charge in [0.25, 0.3) is 5.56 Å². The first-order valence-electron chi connectivity index (χ1n) is 11.5. The Balaban J connectivity index is 1.80. The topological polar surface area (TPSA) is 88.7 Å². The third-order valence-electron chi connectivity index (χ3n) is 6.23. The molecule has 1 aromatic heterocycles. The zero-order valence-corrected chi connectivity index (χ0v) is 21.2. The normalized spacial score (nSPS) is 16.9. The number of ether oxygens (including phenoxy) is 2. The van der Waals surface area contributed by atoms with E-state index in [0.29, 0.717) is 36.5 Å². The van der Waals surface area contributed by atoms with Crippen molar-refractivity contribution < 1.29 is 17.9 Å². The SMILES string of the molecule is Cc1cc(C)c(S(=O)(=O)N(Cc2cc3c(C)cc(C)cc3[nH]c2=O)C[C@@H]2COCCO2)c(C)c1. The van der Waals surface area contributed by atoms with Crippen molar-refractivity contribution in [3.63, 3.8) is 0 Å². The fourth-order valence-electron chi connectivity index (χ4n) is 4.84. The summed E-state index contributed by atoms with van der Waals surface area (Å²) in [6.07, 6.45) is -0.404. The first-order chi connectivity index (χ1) is 16.1. The molecule has 0 bridgehead atoms. The van der Waals surface area contributed by atoms with E-state index in [2.05, 4.69) is 4.98 Å². The number of pyridine rings is 1. The Bertz CT molecular complexity index is 1370. The third kappa shape index (κ3) is 4.95. The molecule has 7 nitrogen and oxygen atoms in total. The van der Waals surface area contributed by atoms with E-state index in [9.17, 15) is 13.2 Å². The van der Waals surface area contributed by atoms with Crippen LogP contribution in [0, 0.1) is 34.6 Å². The molecule has 0 saturated carbocycles. The maximum Gasteiger partial charge on any atom is 0.252 e. The Morgan fingerprint density at radius 3 is 2.24 bits per heavy atom. The molecule has 4 rings (SSSR count). The van der Waals surface area contributed by atoms with E-state index in [1.165, 1.54) is 4.31 Å². The number of benzene rings is 2. The summed E-state index contributed by atoms with van der Waals surface area (Å²) in [7, 11) is -3.92. The Kier molecular flexibility index (Phi) is 6.96. The summed E-state index contributed by atoms with van der Waals surface area (Å²) < 4.78 is 40.6. The van der Waals surface area contributed by atoms with Crippen LogP contribution in [0.15, 0.2) is 40.0 Å². The predicted molar refractivity (Wildman–Crippen MR) is 133 cm³/mol. The van der Waals surface area contributed by atoms with Crippen molar-refractivity contribution >= 4 is 20.9 Å². The van der Waals surface area contributed by atoms with Crippen molar-refractivity contribution in [3.8, 4) is 0 Å². The van der Waals surface area contributed by atoms with Gasteiger partial charge in [0.05, 0.1) is 30.8 Å². The largest absolute Gasteiger partial charge is 0.376 e. The molecule has 182 valence electrons. The van der Waals surface area contributed by atoms with Crippen LogP contribution in [0.5, 0.6) is 0 Å². The predicted octanol–water partition coefficient (Wildman–Crippen LogP) is 3.68. The van der Waals surface area contributed by atoms with Crippen LogP contribution in [0.1, 0.15) is 33.4 Å². The van der Waals surface area contributed by atoms with Gasteiger partial charge in [-0.1, -0.05) is 23.8 Å². The van der Waals surface area contributed by atoms with Crippen LogP contribution < -0.4 is 5.56 Å². The van der Waals surface area contributed by atoms with Crippen LogP contribution in [0.4, 0.5) is 0 Å². The van der Waals surface area contributed by atoms with Gasteiger partial charge in [-0.05, 0) is 69.0 Å². The number of H-pyrrole nitrogens is 1. The second-order valence-corrected chi connectivity index (χ2v) is 11.1. The lowest BCUT2D eigenvalue weighted by Gasteiger charge is -2.30. The van der Waals surface area contributed by atoms with Crippen molar-refractivity contribution in [2.24, 2.45) is 0 Å². The third-order valence-corrected chi connectivity index (χ3v) is 8.35. The molecular formula is C26H32N2O5S. The second-order valence-electron chi connectivity index (χ2n) is 9.26. The lowest BCUT2D eigenvalue weighted by molar-refractivity contribution is -0.0923. The molecule has 3 aromatic rings. The zero-order chi connectivity index (χ0) is 24.6. The molecule has 1 aliphatic rings. The van der Waals surface area contributed by atoms with Gasteiger partial charge in [0.1, 0.15) is 0 Å². The molecule has 0 aliphatic carbocycles. The van der Waals surface area contributed by atoms with E-state index < -0.39 is 16.1 Å². The molecule has 1 atom stereocenters. The molecule has 1 saturated heterocycles. The summed E-state index contributed by atoms with van der Waals surface area (Å²) in [4.78, 5) is 16.2. The first-order valence-corrected chi connectivity index (χ1v) is 12.9. The average Bonchev–Trinajstić information content (AvgIpc) is 2.73. The zero-order valence-electron chi connectivity index (χ0n) is 20.4. The van der Waals surface area contributed by atoms with Crippen molar-refractivity contribution in [2.45, 2.75) is 52.2 Å². The van der Waals surface area contributed by atoms with Gasteiger partial charge in [-0.3, -0.25) is 4.79 Å². The van der Waals surface area contributed by atoms with E-state index in [1.54, 1.807) is 19.9 Å². The Labute approximate surface area is 200 Å². The number of hydrogen-bond acceptors (Lipinski definition) is 5. The van der Waals surface area contributed by atoms with Gasteiger partial charge in [0.15, 0.2) is 0 Å². The highest BCUT2D eigenvalue weighted by Crippen LogP contribution is 2.27. The summed E-state index contributed by atoms with van der Waals surface area (Å²) in [6, 6.07) is 9.51. The van der Waals surface area contributed by atoms with Gasteiger partial charge in [-0.2, -0.15) is 4.31 Å². The van der Waals surface area contributed by atoms with E-state index in [1.807, 2.05) is 45.0 Å². The quantitative estimate of drug-likeness (QED) is 0.577. The molecule has 0 radical (unpaired) electrons. The number of hydrogen-bond donors (Lipinski definition) is 1. The first kappa shape index (κ1) is 24.6. The summed E-state index contributed by atoms with van der Waals surface area (Å²) in [5.74, 6) is 0. The highest BCUT2D eigenvalue weighted by molar-refractivity contribution is 7.89. The van der Waals surface area contributed by atoms with E-state index in [-0.39, 0.29) is 23.5 Å². The lowest BCUT2D eigenvalue weighted by Crippen LogP contribution is -2.43. The van der Waals surface area contributed by atoms with Gasteiger partial charge in [-0.15, -0.1) is 0 Å². The van der Waals surface area contributed by atoms with Crippen LogP contribution in [0.3, 0.4) is 0 Å². The average molecular weight is 485 g/mol. The number of aromatic amines is 1. The minimum atomic E-state index is -3.92. The molecule has 0 spiro atoms. The number of sulfonamides is 1. The lowest BCUT2D eigenvalue weighted by atomic mass is 10.0. The van der Waals surface area contributed by atoms with E-state index >= 15 is 0 Å². The summed E-state index contributed by atoms with van der Waals surface area (Å²) in [5, 5.41) is 0.900. The standard InChI is InChI=1S/C26H32N2O5S/c1-16-9-19(4)25(20(5)10-16)34(30,31)28(14-22-15-32-6-7-33-22)13-21-12-23-18(3)8-17(2)11-24(23)27-26(21)29/h8-12,22H,6-7,13-15H2,1-5H3,(H,27,29)/t22-/m1/s1. The van der Waals surface area contributed by atoms with Crippen LogP contribution in [0.2, 0.25) is 0 Å². The van der Waals surface area contributed by atoms with Crippen molar-refractivity contribution in [1.29, 1.82) is 0 Å². The number of aryl methyl sites for hydroxylation is 5. The van der Waals surface area contributed by atoms with Crippen molar-refractivity contribution in [2.75, 3.05) is 26.4 Å². The molecular weight excluding hydrogens is 452 g/mol. The number of aromatic nitrogens is 1. The summed E-state index contributed by atoms with van der Waals surface area (Å²) >= 11 is 0. The molecule has 0 amide bonds. The minimum Gasteiger partial charge on any atom is -0.376 e. The number of fused-ring (bicyclic) bond motifs is 1. The van der Waals surface area contributed by atoms with Crippen LogP contribution in [-0.4, -0.2) is 50.2 Å². The number of rotatable bonds is 6. The number of nitrogens with one attached hydrogen (secondary N) is 1. The van der Waals surface area contributed by atoms with Crippen molar-refractivity contribution in [3.05, 3.63) is 74.1 Å². The van der Waals surface area contributed by atoms with E-state index in [0.717, 1.165) is 27.6 Å².